The molecule has 1 aromatic heterocycles. The Morgan fingerprint density at radius 2 is 2.19 bits per heavy atom. The molecule has 1 aliphatic rings. The van der Waals surface area contributed by atoms with Crippen LogP contribution in [0.2, 0.25) is 0 Å². The Labute approximate surface area is 100 Å². The van der Waals surface area contributed by atoms with Crippen molar-refractivity contribution in [1.29, 1.82) is 0 Å². The van der Waals surface area contributed by atoms with Crippen molar-refractivity contribution < 1.29 is 4.39 Å². The Balaban J connectivity index is 2.03. The van der Waals surface area contributed by atoms with Gasteiger partial charge in [-0.05, 0) is 40.9 Å². The predicted molar refractivity (Wildman–Crippen MR) is 61.5 cm³/mol. The molecule has 0 radical (unpaired) electrons. The van der Waals surface area contributed by atoms with Crippen LogP contribution in [0.4, 0.5) is 4.39 Å². The predicted octanol–water partition coefficient (Wildman–Crippen LogP) is 3.25. The molecule has 16 heavy (non-hydrogen) atoms. The van der Waals surface area contributed by atoms with E-state index in [1.54, 1.807) is 12.1 Å². The molecule has 0 saturated heterocycles. The van der Waals surface area contributed by atoms with Crippen LogP contribution in [0, 0.1) is 5.82 Å². The van der Waals surface area contributed by atoms with Crippen LogP contribution in [0.1, 0.15) is 24.6 Å². The van der Waals surface area contributed by atoms with Gasteiger partial charge < -0.3 is 0 Å². The van der Waals surface area contributed by atoms with Crippen molar-refractivity contribution in [2.75, 3.05) is 0 Å². The molecule has 1 aliphatic carbocycles. The number of rotatable bonds is 2. The third kappa shape index (κ3) is 1.65. The van der Waals surface area contributed by atoms with E-state index in [9.17, 15) is 4.39 Å². The number of benzene rings is 1. The van der Waals surface area contributed by atoms with E-state index >= 15 is 0 Å². The topological polar surface area (TPSA) is 41.6 Å². The van der Waals surface area contributed by atoms with Crippen LogP contribution in [0.25, 0.3) is 11.4 Å². The number of H-pyrrole nitrogens is 1. The van der Waals surface area contributed by atoms with Crippen molar-refractivity contribution in [2.24, 2.45) is 0 Å². The first-order valence-electron chi connectivity index (χ1n) is 5.12. The lowest BCUT2D eigenvalue weighted by Gasteiger charge is -1.99. The molecule has 2 aromatic rings. The Bertz CT molecular complexity index is 534. The zero-order valence-electron chi connectivity index (χ0n) is 8.37. The molecule has 5 heteroatoms. The van der Waals surface area contributed by atoms with Gasteiger partial charge in [-0.1, -0.05) is 6.07 Å². The maximum atomic E-state index is 13.3. The van der Waals surface area contributed by atoms with Gasteiger partial charge >= 0.3 is 0 Å². The SMILES string of the molecule is Fc1cccc(-c2n[nH]c(C3CC3)n2)c1Br. The van der Waals surface area contributed by atoms with Crippen molar-refractivity contribution >= 4 is 15.9 Å². The number of halogens is 2. The van der Waals surface area contributed by atoms with Gasteiger partial charge in [0, 0.05) is 11.5 Å². The summed E-state index contributed by atoms with van der Waals surface area (Å²) in [6, 6.07) is 4.86. The number of nitrogens with zero attached hydrogens (tertiary/aromatic N) is 2. The van der Waals surface area contributed by atoms with E-state index in [0.717, 1.165) is 5.82 Å². The normalized spacial score (nSPS) is 15.4. The molecule has 0 spiro atoms. The van der Waals surface area contributed by atoms with Crippen LogP contribution in [0.15, 0.2) is 22.7 Å². The van der Waals surface area contributed by atoms with Gasteiger partial charge in [0.1, 0.15) is 11.6 Å². The highest BCUT2D eigenvalue weighted by molar-refractivity contribution is 9.10. The van der Waals surface area contributed by atoms with Gasteiger partial charge in [-0.15, -0.1) is 0 Å². The molecule has 0 atom stereocenters. The van der Waals surface area contributed by atoms with Crippen molar-refractivity contribution in [2.45, 2.75) is 18.8 Å². The summed E-state index contributed by atoms with van der Waals surface area (Å²) in [5, 5.41) is 7.03. The molecule has 1 aromatic carbocycles. The largest absolute Gasteiger partial charge is 0.262 e. The molecule has 0 unspecified atom stereocenters. The smallest absolute Gasteiger partial charge is 0.182 e. The quantitative estimate of drug-likeness (QED) is 0.918. The van der Waals surface area contributed by atoms with Crippen molar-refractivity contribution in [3.05, 3.63) is 34.3 Å². The molecular formula is C11H9BrFN3. The zero-order valence-corrected chi connectivity index (χ0v) is 9.96. The molecule has 0 amide bonds. The Hall–Kier alpha value is -1.23. The third-order valence-electron chi connectivity index (χ3n) is 2.66. The maximum absolute atomic E-state index is 13.3. The summed E-state index contributed by atoms with van der Waals surface area (Å²) in [5.74, 6) is 1.68. The van der Waals surface area contributed by atoms with E-state index in [2.05, 4.69) is 31.1 Å². The average molecular weight is 282 g/mol. The van der Waals surface area contributed by atoms with Crippen LogP contribution in [-0.4, -0.2) is 15.2 Å². The third-order valence-corrected chi connectivity index (χ3v) is 3.47. The molecule has 82 valence electrons. The molecule has 1 heterocycles. The second kappa shape index (κ2) is 3.66. The number of aromatic nitrogens is 3. The summed E-state index contributed by atoms with van der Waals surface area (Å²) in [5.41, 5.74) is 0.683. The summed E-state index contributed by atoms with van der Waals surface area (Å²) in [7, 11) is 0. The van der Waals surface area contributed by atoms with Crippen LogP contribution in [0.3, 0.4) is 0 Å². The van der Waals surface area contributed by atoms with Gasteiger partial charge in [-0.25, -0.2) is 9.37 Å². The highest BCUT2D eigenvalue weighted by Gasteiger charge is 2.27. The van der Waals surface area contributed by atoms with Crippen molar-refractivity contribution in [3.63, 3.8) is 0 Å². The lowest BCUT2D eigenvalue weighted by molar-refractivity contribution is 0.621. The summed E-state index contributed by atoms with van der Waals surface area (Å²) < 4.78 is 13.7. The monoisotopic (exact) mass is 281 g/mol. The van der Waals surface area contributed by atoms with Crippen LogP contribution >= 0.6 is 15.9 Å². The fourth-order valence-corrected chi connectivity index (χ4v) is 2.05. The first kappa shape index (κ1) is 9.96. The summed E-state index contributed by atoms with van der Waals surface area (Å²) in [6.45, 7) is 0. The van der Waals surface area contributed by atoms with Crippen molar-refractivity contribution in [1.82, 2.24) is 15.2 Å². The maximum Gasteiger partial charge on any atom is 0.182 e. The van der Waals surface area contributed by atoms with Gasteiger partial charge in [0.15, 0.2) is 5.82 Å². The van der Waals surface area contributed by atoms with Gasteiger partial charge in [0.05, 0.1) is 4.47 Å². The van der Waals surface area contributed by atoms with E-state index in [-0.39, 0.29) is 5.82 Å². The minimum absolute atomic E-state index is 0.296. The molecule has 1 N–H and O–H groups in total. The van der Waals surface area contributed by atoms with E-state index in [4.69, 9.17) is 0 Å². The summed E-state index contributed by atoms with van der Waals surface area (Å²) in [6.07, 6.45) is 2.33. The fraction of sp³-hybridized carbons (Fsp3) is 0.273. The van der Waals surface area contributed by atoms with Crippen LogP contribution < -0.4 is 0 Å². The number of hydrogen-bond donors (Lipinski definition) is 1. The highest BCUT2D eigenvalue weighted by atomic mass is 79.9. The first-order valence-corrected chi connectivity index (χ1v) is 5.91. The number of nitrogens with one attached hydrogen (secondary N) is 1. The number of hydrogen-bond acceptors (Lipinski definition) is 2. The summed E-state index contributed by atoms with van der Waals surface area (Å²) in [4.78, 5) is 4.38. The standard InChI is InChI=1S/C11H9BrFN3/c12-9-7(2-1-3-8(9)13)11-14-10(15-16-11)6-4-5-6/h1-3,6H,4-5H2,(H,14,15,16). The van der Waals surface area contributed by atoms with Gasteiger partial charge in [0.25, 0.3) is 0 Å². The zero-order chi connectivity index (χ0) is 11.1. The summed E-state index contributed by atoms with van der Waals surface area (Å²) >= 11 is 3.21. The fourth-order valence-electron chi connectivity index (χ4n) is 1.61. The van der Waals surface area contributed by atoms with Crippen molar-refractivity contribution in [3.8, 4) is 11.4 Å². The van der Waals surface area contributed by atoms with Gasteiger partial charge in [-0.3, -0.25) is 5.10 Å². The molecular weight excluding hydrogens is 273 g/mol. The van der Waals surface area contributed by atoms with Gasteiger partial charge in [0.2, 0.25) is 0 Å². The molecule has 3 rings (SSSR count). The average Bonchev–Trinajstić information content (AvgIpc) is 3.02. The first-order chi connectivity index (χ1) is 7.75. The molecule has 0 aliphatic heterocycles. The van der Waals surface area contributed by atoms with E-state index in [0.29, 0.717) is 21.8 Å². The molecule has 1 saturated carbocycles. The van der Waals surface area contributed by atoms with E-state index in [1.165, 1.54) is 18.9 Å². The van der Waals surface area contributed by atoms with E-state index < -0.39 is 0 Å². The van der Waals surface area contributed by atoms with Crippen LogP contribution in [0.5, 0.6) is 0 Å². The second-order valence-corrected chi connectivity index (χ2v) is 4.71. The number of aromatic amines is 1. The Morgan fingerprint density at radius 3 is 2.94 bits per heavy atom. The van der Waals surface area contributed by atoms with Gasteiger partial charge in [-0.2, -0.15) is 5.10 Å². The Morgan fingerprint density at radius 1 is 1.38 bits per heavy atom. The lowest BCUT2D eigenvalue weighted by Crippen LogP contribution is -1.86. The van der Waals surface area contributed by atoms with Crippen LogP contribution in [-0.2, 0) is 0 Å². The highest BCUT2D eigenvalue weighted by Crippen LogP contribution is 2.38. The molecule has 0 bridgehead atoms. The molecule has 1 fully saturated rings. The van der Waals surface area contributed by atoms with E-state index in [1.807, 2.05) is 0 Å². The molecule has 3 nitrogen and oxygen atoms in total. The lowest BCUT2D eigenvalue weighted by atomic mass is 10.2. The minimum Gasteiger partial charge on any atom is -0.262 e. The minimum atomic E-state index is -0.296. The Kier molecular flexibility index (Phi) is 2.28. The second-order valence-electron chi connectivity index (χ2n) is 3.92.